The Labute approximate surface area is 171 Å². The lowest BCUT2D eigenvalue weighted by atomic mass is 10.2. The Morgan fingerprint density at radius 1 is 1.14 bits per heavy atom. The average Bonchev–Trinajstić information content (AvgIpc) is 2.78. The second kappa shape index (κ2) is 9.73. The molecule has 1 fully saturated rings. The van der Waals surface area contributed by atoms with Crippen molar-refractivity contribution in [3.63, 3.8) is 0 Å². The Morgan fingerprint density at radius 2 is 1.93 bits per heavy atom. The van der Waals surface area contributed by atoms with Crippen molar-refractivity contribution in [1.29, 1.82) is 0 Å². The number of carbonyl (C=O) groups excluding carboxylic acids is 2. The fourth-order valence-corrected chi connectivity index (χ4v) is 3.15. The summed E-state index contributed by atoms with van der Waals surface area (Å²) in [7, 11) is 3.24. The van der Waals surface area contributed by atoms with Gasteiger partial charge in [0, 0.05) is 45.5 Å². The van der Waals surface area contributed by atoms with E-state index in [2.05, 4.69) is 9.88 Å². The number of likely N-dealkylation sites (N-methyl/N-ethyl adjacent to an activating group) is 1. The van der Waals surface area contributed by atoms with E-state index in [0.29, 0.717) is 13.1 Å². The SMILES string of the molecule is COc1cccc(/C=C/C(=O)N(C)CC(=O)N2CCN(c3ccccn3)CC2)c1. The lowest BCUT2D eigenvalue weighted by molar-refractivity contribution is -0.137. The summed E-state index contributed by atoms with van der Waals surface area (Å²) >= 11 is 0. The average molecular weight is 394 g/mol. The molecule has 0 unspecified atom stereocenters. The summed E-state index contributed by atoms with van der Waals surface area (Å²) in [5.74, 6) is 1.40. The number of pyridine rings is 1. The number of carbonyl (C=O) groups is 2. The maximum Gasteiger partial charge on any atom is 0.246 e. The number of hydrogen-bond acceptors (Lipinski definition) is 5. The van der Waals surface area contributed by atoms with Gasteiger partial charge in [0.2, 0.25) is 11.8 Å². The molecule has 29 heavy (non-hydrogen) atoms. The first kappa shape index (κ1) is 20.4. The molecule has 2 aromatic rings. The fourth-order valence-electron chi connectivity index (χ4n) is 3.15. The zero-order valence-electron chi connectivity index (χ0n) is 16.8. The van der Waals surface area contributed by atoms with Gasteiger partial charge in [-0.15, -0.1) is 0 Å². The topological polar surface area (TPSA) is 66.0 Å². The molecule has 2 amide bonds. The molecule has 7 nitrogen and oxygen atoms in total. The minimum absolute atomic E-state index is 0.0451. The molecule has 1 aliphatic heterocycles. The van der Waals surface area contributed by atoms with E-state index >= 15 is 0 Å². The Hall–Kier alpha value is -3.35. The highest BCUT2D eigenvalue weighted by Gasteiger charge is 2.23. The summed E-state index contributed by atoms with van der Waals surface area (Å²) in [5, 5.41) is 0. The number of rotatable bonds is 6. The number of hydrogen-bond donors (Lipinski definition) is 0. The van der Waals surface area contributed by atoms with Crippen molar-refractivity contribution in [3.05, 3.63) is 60.3 Å². The zero-order chi connectivity index (χ0) is 20.6. The van der Waals surface area contributed by atoms with Crippen LogP contribution in [0.25, 0.3) is 6.08 Å². The lowest BCUT2D eigenvalue weighted by Crippen LogP contribution is -2.51. The smallest absolute Gasteiger partial charge is 0.246 e. The standard InChI is InChI=1S/C22H26N4O3/c1-24(21(27)10-9-18-6-5-7-19(16-18)29-2)17-22(28)26-14-12-25(13-15-26)20-8-3-4-11-23-20/h3-11,16H,12-15,17H2,1-2H3/b10-9+. The minimum atomic E-state index is -0.215. The van der Waals surface area contributed by atoms with E-state index in [1.165, 1.54) is 11.0 Å². The molecule has 0 spiro atoms. The van der Waals surface area contributed by atoms with Crippen LogP contribution in [0.5, 0.6) is 5.75 Å². The monoisotopic (exact) mass is 394 g/mol. The van der Waals surface area contributed by atoms with Crippen LogP contribution in [0, 0.1) is 0 Å². The number of benzene rings is 1. The first-order chi connectivity index (χ1) is 14.1. The molecule has 1 aromatic heterocycles. The Balaban J connectivity index is 1.48. The Kier molecular flexibility index (Phi) is 6.84. The number of amides is 2. The van der Waals surface area contributed by atoms with E-state index in [0.717, 1.165) is 30.2 Å². The second-order valence-corrected chi connectivity index (χ2v) is 6.86. The van der Waals surface area contributed by atoms with Crippen molar-refractivity contribution in [2.45, 2.75) is 0 Å². The number of aromatic nitrogens is 1. The molecule has 0 bridgehead atoms. The third-order valence-corrected chi connectivity index (χ3v) is 4.87. The molecule has 1 aromatic carbocycles. The van der Waals surface area contributed by atoms with E-state index in [4.69, 9.17) is 4.74 Å². The molecule has 0 atom stereocenters. The van der Waals surface area contributed by atoms with Crippen LogP contribution < -0.4 is 9.64 Å². The summed E-state index contributed by atoms with van der Waals surface area (Å²) < 4.78 is 5.18. The largest absolute Gasteiger partial charge is 0.497 e. The normalized spacial score (nSPS) is 14.1. The molecule has 0 saturated carbocycles. The van der Waals surface area contributed by atoms with E-state index in [9.17, 15) is 9.59 Å². The van der Waals surface area contributed by atoms with Gasteiger partial charge in [-0.2, -0.15) is 0 Å². The molecule has 0 aliphatic carbocycles. The van der Waals surface area contributed by atoms with E-state index < -0.39 is 0 Å². The van der Waals surface area contributed by atoms with Gasteiger partial charge >= 0.3 is 0 Å². The third kappa shape index (κ3) is 5.57. The molecule has 7 heteroatoms. The van der Waals surface area contributed by atoms with Gasteiger partial charge in [0.15, 0.2) is 0 Å². The molecular weight excluding hydrogens is 368 g/mol. The lowest BCUT2D eigenvalue weighted by Gasteiger charge is -2.36. The fraction of sp³-hybridized carbons (Fsp3) is 0.318. The highest BCUT2D eigenvalue weighted by Crippen LogP contribution is 2.14. The van der Waals surface area contributed by atoms with Gasteiger partial charge in [-0.05, 0) is 35.9 Å². The second-order valence-electron chi connectivity index (χ2n) is 6.86. The molecule has 1 aliphatic rings. The predicted molar refractivity (Wildman–Crippen MR) is 113 cm³/mol. The number of anilines is 1. The first-order valence-corrected chi connectivity index (χ1v) is 9.58. The molecule has 0 N–H and O–H groups in total. The van der Waals surface area contributed by atoms with Crippen molar-refractivity contribution < 1.29 is 14.3 Å². The third-order valence-electron chi connectivity index (χ3n) is 4.87. The minimum Gasteiger partial charge on any atom is -0.497 e. The van der Waals surface area contributed by atoms with Crippen molar-refractivity contribution in [1.82, 2.24) is 14.8 Å². The van der Waals surface area contributed by atoms with Crippen LogP contribution in [0.1, 0.15) is 5.56 Å². The van der Waals surface area contributed by atoms with E-state index in [1.807, 2.05) is 42.5 Å². The number of nitrogens with zero attached hydrogens (tertiary/aromatic N) is 4. The zero-order valence-corrected chi connectivity index (χ0v) is 16.8. The van der Waals surface area contributed by atoms with Gasteiger partial charge in [0.25, 0.3) is 0 Å². The Bertz CT molecular complexity index is 861. The van der Waals surface area contributed by atoms with Crippen molar-refractivity contribution in [3.8, 4) is 5.75 Å². The molecule has 1 saturated heterocycles. The van der Waals surface area contributed by atoms with Crippen LogP contribution in [-0.4, -0.2) is 73.5 Å². The van der Waals surface area contributed by atoms with Gasteiger partial charge in [-0.25, -0.2) is 4.98 Å². The highest BCUT2D eigenvalue weighted by atomic mass is 16.5. The van der Waals surface area contributed by atoms with Crippen LogP contribution in [0.2, 0.25) is 0 Å². The first-order valence-electron chi connectivity index (χ1n) is 9.58. The number of methoxy groups -OCH3 is 1. The quantitative estimate of drug-likeness (QED) is 0.701. The highest BCUT2D eigenvalue weighted by molar-refractivity contribution is 5.94. The maximum absolute atomic E-state index is 12.6. The van der Waals surface area contributed by atoms with E-state index in [-0.39, 0.29) is 18.4 Å². The van der Waals surface area contributed by atoms with Gasteiger partial charge < -0.3 is 19.4 Å². The predicted octanol–water partition coefficient (Wildman–Crippen LogP) is 1.91. The van der Waals surface area contributed by atoms with Crippen molar-refractivity contribution in [2.75, 3.05) is 51.8 Å². The summed E-state index contributed by atoms with van der Waals surface area (Å²) in [6.07, 6.45) is 4.96. The van der Waals surface area contributed by atoms with Crippen LogP contribution >= 0.6 is 0 Å². The van der Waals surface area contributed by atoms with Crippen molar-refractivity contribution in [2.24, 2.45) is 0 Å². The summed E-state index contributed by atoms with van der Waals surface area (Å²) in [6, 6.07) is 13.3. The van der Waals surface area contributed by atoms with Gasteiger partial charge in [0.1, 0.15) is 11.6 Å². The van der Waals surface area contributed by atoms with Crippen LogP contribution in [-0.2, 0) is 9.59 Å². The molecule has 3 rings (SSSR count). The van der Waals surface area contributed by atoms with Gasteiger partial charge in [0.05, 0.1) is 13.7 Å². The summed E-state index contributed by atoms with van der Waals surface area (Å²) in [6.45, 7) is 2.77. The number of ether oxygens (including phenoxy) is 1. The van der Waals surface area contributed by atoms with Gasteiger partial charge in [-0.1, -0.05) is 18.2 Å². The summed E-state index contributed by atoms with van der Waals surface area (Å²) in [4.78, 5) is 34.7. The summed E-state index contributed by atoms with van der Waals surface area (Å²) in [5.41, 5.74) is 0.864. The van der Waals surface area contributed by atoms with Crippen molar-refractivity contribution >= 4 is 23.7 Å². The van der Waals surface area contributed by atoms with Crippen LogP contribution in [0.3, 0.4) is 0 Å². The van der Waals surface area contributed by atoms with Gasteiger partial charge in [-0.3, -0.25) is 9.59 Å². The number of piperazine rings is 1. The molecular formula is C22H26N4O3. The Morgan fingerprint density at radius 3 is 2.62 bits per heavy atom. The van der Waals surface area contributed by atoms with E-state index in [1.54, 1.807) is 31.3 Å². The molecule has 2 heterocycles. The molecule has 152 valence electrons. The van der Waals surface area contributed by atoms with Crippen LogP contribution in [0.4, 0.5) is 5.82 Å². The van der Waals surface area contributed by atoms with Crippen LogP contribution in [0.15, 0.2) is 54.7 Å². The maximum atomic E-state index is 12.6. The molecule has 0 radical (unpaired) electrons.